The van der Waals surface area contributed by atoms with Crippen LogP contribution in [0.3, 0.4) is 0 Å². The Morgan fingerprint density at radius 1 is 1.15 bits per heavy atom. The minimum absolute atomic E-state index is 0.345. The van der Waals surface area contributed by atoms with E-state index in [0.717, 1.165) is 6.04 Å². The van der Waals surface area contributed by atoms with Crippen LogP contribution in [0, 0.1) is 0 Å². The van der Waals surface area contributed by atoms with Gasteiger partial charge in [-0.3, -0.25) is 4.90 Å². The van der Waals surface area contributed by atoms with Crippen LogP contribution in [0.2, 0.25) is 0 Å². The summed E-state index contributed by atoms with van der Waals surface area (Å²) in [4.78, 5) is 2.70. The zero-order chi connectivity index (χ0) is 9.31. The summed E-state index contributed by atoms with van der Waals surface area (Å²) in [5.74, 6) is 0. The molecule has 2 aliphatic rings. The number of nitrogens with one attached hydrogen (secondary N) is 1. The first-order chi connectivity index (χ1) is 6.20. The number of likely N-dealkylation sites (tertiary alicyclic amines) is 1. The van der Waals surface area contributed by atoms with E-state index in [1.165, 1.54) is 45.3 Å². The minimum atomic E-state index is 0.345. The zero-order valence-electron chi connectivity index (χ0n) is 8.97. The Morgan fingerprint density at radius 3 is 2.38 bits per heavy atom. The fraction of sp³-hybridized carbons (Fsp3) is 1.00. The van der Waals surface area contributed by atoms with Crippen molar-refractivity contribution in [2.24, 2.45) is 0 Å². The van der Waals surface area contributed by atoms with Crippen molar-refractivity contribution in [2.45, 2.75) is 51.1 Å². The molecular weight excluding hydrogens is 160 g/mol. The van der Waals surface area contributed by atoms with Gasteiger partial charge < -0.3 is 5.32 Å². The van der Waals surface area contributed by atoms with E-state index in [9.17, 15) is 0 Å². The highest BCUT2D eigenvalue weighted by molar-refractivity contribution is 4.99. The third kappa shape index (κ3) is 1.89. The number of hydrogen-bond donors (Lipinski definition) is 1. The maximum atomic E-state index is 3.60. The van der Waals surface area contributed by atoms with E-state index in [1.807, 2.05) is 0 Å². The van der Waals surface area contributed by atoms with Crippen molar-refractivity contribution in [3.63, 3.8) is 0 Å². The van der Waals surface area contributed by atoms with Crippen LogP contribution >= 0.6 is 0 Å². The molecule has 2 rings (SSSR count). The molecule has 0 aliphatic carbocycles. The molecule has 1 N–H and O–H groups in total. The summed E-state index contributed by atoms with van der Waals surface area (Å²) in [5.41, 5.74) is 0.345. The SMILES string of the molecule is CC1(C)NCC[C@H]1N1CCCCC1. The lowest BCUT2D eigenvalue weighted by Crippen LogP contribution is -2.52. The van der Waals surface area contributed by atoms with Gasteiger partial charge in [-0.25, -0.2) is 0 Å². The summed E-state index contributed by atoms with van der Waals surface area (Å²) in [6.07, 6.45) is 5.60. The Hall–Kier alpha value is -0.0800. The highest BCUT2D eigenvalue weighted by Gasteiger charge is 2.38. The molecule has 0 radical (unpaired) electrons. The molecule has 0 spiro atoms. The van der Waals surface area contributed by atoms with Gasteiger partial charge in [0.1, 0.15) is 0 Å². The molecule has 13 heavy (non-hydrogen) atoms. The van der Waals surface area contributed by atoms with Gasteiger partial charge in [0, 0.05) is 11.6 Å². The molecule has 0 aromatic rings. The topological polar surface area (TPSA) is 15.3 Å². The van der Waals surface area contributed by atoms with Crippen molar-refractivity contribution >= 4 is 0 Å². The summed E-state index contributed by atoms with van der Waals surface area (Å²) in [6, 6.07) is 0.785. The highest BCUT2D eigenvalue weighted by atomic mass is 15.2. The minimum Gasteiger partial charge on any atom is -0.310 e. The Bertz CT molecular complexity index is 171. The standard InChI is InChI=1S/C11H22N2/c1-11(2)10(6-7-12-11)13-8-4-3-5-9-13/h10,12H,3-9H2,1-2H3/t10-/m1/s1. The maximum absolute atomic E-state index is 3.60. The maximum Gasteiger partial charge on any atom is 0.0284 e. The van der Waals surface area contributed by atoms with Gasteiger partial charge in [0.15, 0.2) is 0 Å². The lowest BCUT2D eigenvalue weighted by Gasteiger charge is -2.39. The summed E-state index contributed by atoms with van der Waals surface area (Å²) in [5, 5.41) is 3.60. The largest absolute Gasteiger partial charge is 0.310 e. The molecular formula is C11H22N2. The molecule has 2 fully saturated rings. The monoisotopic (exact) mass is 182 g/mol. The number of hydrogen-bond acceptors (Lipinski definition) is 2. The molecule has 0 saturated carbocycles. The van der Waals surface area contributed by atoms with Gasteiger partial charge in [-0.1, -0.05) is 6.42 Å². The smallest absolute Gasteiger partial charge is 0.0284 e. The van der Waals surface area contributed by atoms with E-state index in [0.29, 0.717) is 5.54 Å². The summed E-state index contributed by atoms with van der Waals surface area (Å²) >= 11 is 0. The van der Waals surface area contributed by atoms with Gasteiger partial charge in [-0.05, 0) is 52.7 Å². The molecule has 0 aromatic carbocycles. The first-order valence-electron chi connectivity index (χ1n) is 5.69. The average Bonchev–Trinajstić information content (AvgIpc) is 2.47. The van der Waals surface area contributed by atoms with Crippen LogP contribution in [-0.2, 0) is 0 Å². The van der Waals surface area contributed by atoms with Crippen LogP contribution in [0.15, 0.2) is 0 Å². The Morgan fingerprint density at radius 2 is 1.85 bits per heavy atom. The van der Waals surface area contributed by atoms with Crippen molar-refractivity contribution in [1.82, 2.24) is 10.2 Å². The quantitative estimate of drug-likeness (QED) is 0.663. The van der Waals surface area contributed by atoms with E-state index < -0.39 is 0 Å². The molecule has 2 saturated heterocycles. The normalized spacial score (nSPS) is 35.1. The number of nitrogens with zero attached hydrogens (tertiary/aromatic N) is 1. The average molecular weight is 182 g/mol. The van der Waals surface area contributed by atoms with Crippen molar-refractivity contribution in [3.8, 4) is 0 Å². The molecule has 2 heteroatoms. The summed E-state index contributed by atoms with van der Waals surface area (Å²) in [6.45, 7) is 8.55. The predicted octanol–water partition coefficient (Wildman–Crippen LogP) is 1.61. The Balaban J connectivity index is 1.98. The molecule has 1 atom stereocenters. The number of piperidine rings is 1. The van der Waals surface area contributed by atoms with Crippen LogP contribution in [-0.4, -0.2) is 36.1 Å². The van der Waals surface area contributed by atoms with Crippen LogP contribution in [0.5, 0.6) is 0 Å². The van der Waals surface area contributed by atoms with Gasteiger partial charge in [-0.15, -0.1) is 0 Å². The lowest BCUT2D eigenvalue weighted by atomic mass is 9.93. The molecule has 2 aliphatic heterocycles. The van der Waals surface area contributed by atoms with Crippen molar-refractivity contribution in [3.05, 3.63) is 0 Å². The number of rotatable bonds is 1. The van der Waals surface area contributed by atoms with E-state index in [2.05, 4.69) is 24.1 Å². The molecule has 0 bridgehead atoms. The second-order valence-electron chi connectivity index (χ2n) is 5.05. The Labute approximate surface area is 81.7 Å². The van der Waals surface area contributed by atoms with Crippen LogP contribution < -0.4 is 5.32 Å². The summed E-state index contributed by atoms with van der Waals surface area (Å²) in [7, 11) is 0. The fourth-order valence-corrected chi connectivity index (χ4v) is 2.88. The van der Waals surface area contributed by atoms with E-state index in [1.54, 1.807) is 0 Å². The van der Waals surface area contributed by atoms with Gasteiger partial charge >= 0.3 is 0 Å². The van der Waals surface area contributed by atoms with Crippen LogP contribution in [0.4, 0.5) is 0 Å². The van der Waals surface area contributed by atoms with E-state index >= 15 is 0 Å². The third-order valence-electron chi connectivity index (χ3n) is 3.66. The van der Waals surface area contributed by atoms with Crippen molar-refractivity contribution in [1.29, 1.82) is 0 Å². The van der Waals surface area contributed by atoms with Gasteiger partial charge in [0.05, 0.1) is 0 Å². The van der Waals surface area contributed by atoms with E-state index in [4.69, 9.17) is 0 Å². The summed E-state index contributed by atoms with van der Waals surface area (Å²) < 4.78 is 0. The molecule has 0 unspecified atom stereocenters. The predicted molar refractivity (Wildman–Crippen MR) is 55.9 cm³/mol. The molecule has 76 valence electrons. The van der Waals surface area contributed by atoms with Gasteiger partial charge in [0.2, 0.25) is 0 Å². The third-order valence-corrected chi connectivity index (χ3v) is 3.66. The van der Waals surface area contributed by atoms with Crippen LogP contribution in [0.1, 0.15) is 39.5 Å². The second-order valence-corrected chi connectivity index (χ2v) is 5.05. The molecule has 0 aromatic heterocycles. The van der Waals surface area contributed by atoms with Gasteiger partial charge in [0.25, 0.3) is 0 Å². The van der Waals surface area contributed by atoms with Gasteiger partial charge in [-0.2, -0.15) is 0 Å². The van der Waals surface area contributed by atoms with Crippen molar-refractivity contribution in [2.75, 3.05) is 19.6 Å². The fourth-order valence-electron chi connectivity index (χ4n) is 2.88. The second kappa shape index (κ2) is 3.58. The van der Waals surface area contributed by atoms with Crippen LogP contribution in [0.25, 0.3) is 0 Å². The first kappa shape index (κ1) is 9.47. The first-order valence-corrected chi connectivity index (χ1v) is 5.69. The lowest BCUT2D eigenvalue weighted by molar-refractivity contribution is 0.122. The molecule has 2 heterocycles. The van der Waals surface area contributed by atoms with Crippen molar-refractivity contribution < 1.29 is 0 Å². The highest BCUT2D eigenvalue weighted by Crippen LogP contribution is 2.26. The van der Waals surface area contributed by atoms with E-state index in [-0.39, 0.29) is 0 Å². The molecule has 2 nitrogen and oxygen atoms in total. The molecule has 0 amide bonds. The zero-order valence-corrected chi connectivity index (χ0v) is 8.97. The Kier molecular flexibility index (Phi) is 2.61.